The second-order valence-electron chi connectivity index (χ2n) is 9.84. The number of fused-ring (bicyclic) bond motifs is 1. The van der Waals surface area contributed by atoms with E-state index in [4.69, 9.17) is 12.2 Å². The monoisotopic (exact) mass is 611 g/mol. The van der Waals surface area contributed by atoms with Gasteiger partial charge in [0, 0.05) is 46.3 Å². The molecule has 3 N–H and O–H groups in total. The van der Waals surface area contributed by atoms with E-state index in [2.05, 4.69) is 39.1 Å². The number of nitrogens with one attached hydrogen (secondary N) is 3. The summed E-state index contributed by atoms with van der Waals surface area (Å²) in [7, 11) is 0. The lowest BCUT2D eigenvalue weighted by Gasteiger charge is -2.26. The summed E-state index contributed by atoms with van der Waals surface area (Å²) in [6.07, 6.45) is 0.798. The van der Waals surface area contributed by atoms with Gasteiger partial charge in [0.2, 0.25) is 5.91 Å². The molecule has 0 saturated carbocycles. The molecule has 0 spiro atoms. The Morgan fingerprint density at radius 1 is 1.00 bits per heavy atom. The van der Waals surface area contributed by atoms with Gasteiger partial charge in [-0.2, -0.15) is 5.26 Å². The quantitative estimate of drug-likeness (QED) is 0.107. The lowest BCUT2D eigenvalue weighted by molar-refractivity contribution is -0.113. The highest BCUT2D eigenvalue weighted by molar-refractivity contribution is 8.00. The van der Waals surface area contributed by atoms with Crippen LogP contribution in [0.15, 0.2) is 83.8 Å². The Balaban J connectivity index is 1.14. The summed E-state index contributed by atoms with van der Waals surface area (Å²) < 4.78 is 0. The number of benzene rings is 3. The fourth-order valence-corrected chi connectivity index (χ4v) is 6.94. The van der Waals surface area contributed by atoms with Crippen molar-refractivity contribution in [3.05, 3.63) is 106 Å². The molecule has 1 aliphatic rings. The minimum absolute atomic E-state index is 0.0103. The van der Waals surface area contributed by atoms with Crippen LogP contribution in [0, 0.1) is 11.3 Å². The van der Waals surface area contributed by atoms with Gasteiger partial charge in [-0.1, -0.05) is 36.4 Å². The van der Waals surface area contributed by atoms with Gasteiger partial charge in [-0.15, -0.1) is 23.1 Å². The van der Waals surface area contributed by atoms with Crippen molar-refractivity contribution in [1.29, 1.82) is 5.26 Å². The zero-order valence-corrected chi connectivity index (χ0v) is 25.4. The van der Waals surface area contributed by atoms with Gasteiger partial charge >= 0.3 is 0 Å². The van der Waals surface area contributed by atoms with Crippen LogP contribution in [0.25, 0.3) is 0 Å². The van der Waals surface area contributed by atoms with Gasteiger partial charge in [-0.25, -0.2) is 0 Å². The number of carbonyl (C=O) groups excluding carboxylic acids is 2. The zero-order valence-electron chi connectivity index (χ0n) is 23.0. The topological polar surface area (TPSA) is 97.3 Å². The minimum atomic E-state index is -0.152. The number of Topliss-reactive ketones (excluding diaryl/α,β-unsaturated/α-hetero) is 1. The second-order valence-corrected chi connectivity index (χ2v) is 12.4. The summed E-state index contributed by atoms with van der Waals surface area (Å²) >= 11 is 8.36. The molecule has 0 bridgehead atoms. The van der Waals surface area contributed by atoms with E-state index in [1.165, 1.54) is 35.6 Å². The Morgan fingerprint density at radius 3 is 2.50 bits per heavy atom. The third kappa shape index (κ3) is 7.63. The van der Waals surface area contributed by atoms with Gasteiger partial charge in [0.05, 0.1) is 11.3 Å². The first-order valence-corrected chi connectivity index (χ1v) is 15.6. The Bertz CT molecular complexity index is 1650. The summed E-state index contributed by atoms with van der Waals surface area (Å²) in [5.41, 5.74) is 5.12. The van der Waals surface area contributed by atoms with Crippen LogP contribution in [0.2, 0.25) is 0 Å². The first-order valence-electron chi connectivity index (χ1n) is 13.4. The van der Waals surface area contributed by atoms with E-state index in [9.17, 15) is 14.9 Å². The summed E-state index contributed by atoms with van der Waals surface area (Å²) in [6, 6.07) is 27.5. The number of hydrogen-bond donors (Lipinski definition) is 3. The fraction of sp³-hybridized carbons (Fsp3) is 0.188. The number of nitriles is 1. The molecule has 1 aromatic heterocycles. The molecule has 0 saturated heterocycles. The fourth-order valence-electron chi connectivity index (χ4n) is 4.70. The second kappa shape index (κ2) is 13.8. The van der Waals surface area contributed by atoms with E-state index in [1.54, 1.807) is 24.3 Å². The van der Waals surface area contributed by atoms with Crippen molar-refractivity contribution in [3.63, 3.8) is 0 Å². The van der Waals surface area contributed by atoms with Crippen molar-refractivity contribution in [2.75, 3.05) is 28.2 Å². The smallest absolute Gasteiger partial charge is 0.235 e. The predicted molar refractivity (Wildman–Crippen MR) is 175 cm³/mol. The van der Waals surface area contributed by atoms with Crippen molar-refractivity contribution >= 4 is 68.5 Å². The number of ketones is 1. The Hall–Kier alpha value is -4.01. The van der Waals surface area contributed by atoms with Crippen LogP contribution < -0.4 is 16.0 Å². The molecule has 7 nitrogen and oxygen atoms in total. The van der Waals surface area contributed by atoms with E-state index < -0.39 is 0 Å². The summed E-state index contributed by atoms with van der Waals surface area (Å²) in [4.78, 5) is 28.8. The highest BCUT2D eigenvalue weighted by Gasteiger charge is 2.25. The van der Waals surface area contributed by atoms with Crippen LogP contribution in [0.3, 0.4) is 0 Å². The number of nitrogens with zero attached hydrogens (tertiary/aromatic N) is 2. The van der Waals surface area contributed by atoms with Crippen LogP contribution in [0.1, 0.15) is 38.8 Å². The van der Waals surface area contributed by atoms with Gasteiger partial charge in [0.25, 0.3) is 0 Å². The van der Waals surface area contributed by atoms with Crippen molar-refractivity contribution in [2.45, 2.75) is 31.3 Å². The van der Waals surface area contributed by atoms with E-state index in [1.807, 2.05) is 42.5 Å². The average molecular weight is 612 g/mol. The molecule has 10 heteroatoms. The predicted octanol–water partition coefficient (Wildman–Crippen LogP) is 6.92. The van der Waals surface area contributed by atoms with Crippen molar-refractivity contribution in [2.24, 2.45) is 0 Å². The van der Waals surface area contributed by atoms with E-state index >= 15 is 0 Å². The maximum atomic E-state index is 12.9. The number of hydrogen-bond acceptors (Lipinski definition) is 7. The first-order chi connectivity index (χ1) is 20.4. The third-order valence-electron chi connectivity index (χ3n) is 6.76. The lowest BCUT2D eigenvalue weighted by atomic mass is 10.0. The molecule has 0 atom stereocenters. The molecule has 42 heavy (non-hydrogen) atoms. The van der Waals surface area contributed by atoms with Crippen LogP contribution in [-0.2, 0) is 24.3 Å². The molecule has 0 radical (unpaired) electrons. The van der Waals surface area contributed by atoms with Crippen LogP contribution in [0.5, 0.6) is 0 Å². The van der Waals surface area contributed by atoms with Crippen LogP contribution >= 0.6 is 35.3 Å². The normalized spacial score (nSPS) is 12.6. The largest absolute Gasteiger partial charge is 0.332 e. The molecule has 5 rings (SSSR count). The Kier molecular flexibility index (Phi) is 9.66. The summed E-state index contributed by atoms with van der Waals surface area (Å²) in [5.74, 6) is 0.0688. The van der Waals surface area contributed by atoms with Crippen LogP contribution in [0.4, 0.5) is 16.4 Å². The van der Waals surface area contributed by atoms with E-state index in [0.29, 0.717) is 21.2 Å². The molecule has 3 aromatic carbocycles. The number of rotatable bonds is 9. The van der Waals surface area contributed by atoms with E-state index in [-0.39, 0.29) is 17.4 Å². The lowest BCUT2D eigenvalue weighted by Crippen LogP contribution is -2.29. The van der Waals surface area contributed by atoms with Crippen molar-refractivity contribution in [1.82, 2.24) is 4.90 Å². The number of thiophene rings is 1. The Morgan fingerprint density at radius 2 is 1.76 bits per heavy atom. The maximum absolute atomic E-state index is 12.9. The van der Waals surface area contributed by atoms with Gasteiger partial charge < -0.3 is 16.0 Å². The van der Waals surface area contributed by atoms with Gasteiger partial charge in [-0.3, -0.25) is 14.5 Å². The molecular weight excluding hydrogens is 583 g/mol. The first kappa shape index (κ1) is 29.5. The van der Waals surface area contributed by atoms with Crippen molar-refractivity contribution < 1.29 is 9.59 Å². The SMILES string of the molecule is CC(=O)c1ccc(NC(=S)Nc2cccc(SCC(=O)Nc3sc4c(c3C#N)CCN(Cc3ccccc3)C4)c2)cc1. The summed E-state index contributed by atoms with van der Waals surface area (Å²) in [5, 5.41) is 20.2. The molecule has 1 aliphatic heterocycles. The molecule has 212 valence electrons. The molecular formula is C32H29N5O2S3. The van der Waals surface area contributed by atoms with Crippen LogP contribution in [-0.4, -0.2) is 34.0 Å². The molecule has 0 fully saturated rings. The van der Waals surface area contributed by atoms with Crippen molar-refractivity contribution in [3.8, 4) is 6.07 Å². The molecule has 4 aromatic rings. The summed E-state index contributed by atoms with van der Waals surface area (Å²) in [6.45, 7) is 4.05. The number of carbonyl (C=O) groups is 2. The molecule has 0 aliphatic carbocycles. The Labute approximate surface area is 258 Å². The highest BCUT2D eigenvalue weighted by Crippen LogP contribution is 2.37. The average Bonchev–Trinajstić information content (AvgIpc) is 3.33. The van der Waals surface area contributed by atoms with Gasteiger partial charge in [0.1, 0.15) is 11.1 Å². The number of amides is 1. The standard InChI is InChI=1S/C32H29N5O2S3/c1-21(38)23-10-12-24(13-11-23)34-32(40)35-25-8-5-9-26(16-25)41-20-30(39)36-31-28(17-33)27-14-15-37(19-29(27)42-31)18-22-6-3-2-4-7-22/h2-13,16H,14-15,18-20H2,1H3,(H,36,39)(H2,34,35,40). The zero-order chi connectivity index (χ0) is 29.5. The number of thiocarbonyl (C=S) groups is 1. The number of anilines is 3. The van der Waals surface area contributed by atoms with Gasteiger partial charge in [-0.05, 0) is 79.2 Å². The van der Waals surface area contributed by atoms with Gasteiger partial charge in [0.15, 0.2) is 10.9 Å². The maximum Gasteiger partial charge on any atom is 0.235 e. The molecule has 2 heterocycles. The highest BCUT2D eigenvalue weighted by atomic mass is 32.2. The number of thioether (sulfide) groups is 1. The third-order valence-corrected chi connectivity index (χ3v) is 9.09. The molecule has 0 unspecified atom stereocenters. The van der Waals surface area contributed by atoms with E-state index in [0.717, 1.165) is 52.8 Å². The minimum Gasteiger partial charge on any atom is -0.332 e. The molecule has 1 amide bonds.